The number of rotatable bonds is 6. The number of piperidine rings is 1. The van der Waals surface area contributed by atoms with Crippen molar-refractivity contribution in [1.82, 2.24) is 20.0 Å². The summed E-state index contributed by atoms with van der Waals surface area (Å²) < 4.78 is 7.61. The minimum Gasteiger partial charge on any atom is -0.488 e. The number of hydrogen-bond acceptors (Lipinski definition) is 4. The molecule has 1 atom stereocenters. The van der Waals surface area contributed by atoms with Crippen molar-refractivity contribution in [2.24, 2.45) is 5.92 Å². The summed E-state index contributed by atoms with van der Waals surface area (Å²) in [6.07, 6.45) is 5.44. The van der Waals surface area contributed by atoms with E-state index in [1.165, 1.54) is 31.5 Å². The fourth-order valence-corrected chi connectivity index (χ4v) is 4.28. The number of carbonyl (C=O) groups excluding carboxylic acids is 1. The topological polar surface area (TPSA) is 59.4 Å². The van der Waals surface area contributed by atoms with Crippen LogP contribution in [0.15, 0.2) is 24.4 Å². The van der Waals surface area contributed by atoms with Gasteiger partial charge in [0.05, 0.1) is 11.9 Å². The van der Waals surface area contributed by atoms with Crippen LogP contribution in [0.4, 0.5) is 0 Å². The second kappa shape index (κ2) is 8.35. The number of fused-ring (bicyclic) bond motifs is 3. The lowest BCUT2D eigenvalue weighted by Gasteiger charge is -2.30. The lowest BCUT2D eigenvalue weighted by atomic mass is 10.0. The monoisotopic (exact) mass is 382 g/mol. The van der Waals surface area contributed by atoms with Gasteiger partial charge in [-0.15, -0.1) is 0 Å². The fourth-order valence-electron chi connectivity index (χ4n) is 4.28. The highest BCUT2D eigenvalue weighted by atomic mass is 16.5. The summed E-state index contributed by atoms with van der Waals surface area (Å²) >= 11 is 0. The Morgan fingerprint density at radius 2 is 2.29 bits per heavy atom. The Morgan fingerprint density at radius 1 is 1.39 bits per heavy atom. The van der Waals surface area contributed by atoms with E-state index in [0.717, 1.165) is 41.5 Å². The molecule has 1 aromatic heterocycles. The van der Waals surface area contributed by atoms with Crippen LogP contribution >= 0.6 is 0 Å². The first-order valence-corrected chi connectivity index (χ1v) is 10.4. The minimum atomic E-state index is 0.0126. The van der Waals surface area contributed by atoms with Crippen LogP contribution in [0.2, 0.25) is 0 Å². The van der Waals surface area contributed by atoms with E-state index in [-0.39, 0.29) is 12.5 Å². The number of aryl methyl sites for hydroxylation is 1. The molecular weight excluding hydrogens is 352 g/mol. The number of nitrogens with zero attached hydrogens (tertiary/aromatic N) is 3. The van der Waals surface area contributed by atoms with Crippen LogP contribution in [0.3, 0.4) is 0 Å². The molecule has 6 nitrogen and oxygen atoms in total. The van der Waals surface area contributed by atoms with Crippen molar-refractivity contribution in [3.05, 3.63) is 35.5 Å². The molecule has 1 saturated heterocycles. The highest BCUT2D eigenvalue weighted by Gasteiger charge is 2.23. The van der Waals surface area contributed by atoms with Crippen molar-refractivity contribution >= 4 is 5.91 Å². The molecule has 2 aliphatic rings. The number of likely N-dealkylation sites (tertiary alicyclic amines) is 1. The van der Waals surface area contributed by atoms with Crippen LogP contribution in [0.5, 0.6) is 5.75 Å². The van der Waals surface area contributed by atoms with Gasteiger partial charge in [-0.1, -0.05) is 18.6 Å². The minimum absolute atomic E-state index is 0.0126. The highest BCUT2D eigenvalue weighted by molar-refractivity contribution is 5.78. The molecule has 0 saturated carbocycles. The summed E-state index contributed by atoms with van der Waals surface area (Å²) in [5, 5.41) is 7.50. The second-order valence-electron chi connectivity index (χ2n) is 8.22. The Kier molecular flexibility index (Phi) is 5.67. The van der Waals surface area contributed by atoms with Crippen LogP contribution in [0.25, 0.3) is 11.3 Å². The summed E-state index contributed by atoms with van der Waals surface area (Å²) in [5.74, 6) is 1.67. The quantitative estimate of drug-likeness (QED) is 0.781. The average Bonchev–Trinajstić information content (AvgIpc) is 3.08. The van der Waals surface area contributed by atoms with Crippen LogP contribution in [0.1, 0.15) is 37.3 Å². The van der Waals surface area contributed by atoms with Crippen LogP contribution in [-0.2, 0) is 17.9 Å². The van der Waals surface area contributed by atoms with E-state index in [9.17, 15) is 4.79 Å². The molecular formula is C22H30N4O2. The molecule has 0 unspecified atom stereocenters. The molecule has 0 aliphatic carbocycles. The van der Waals surface area contributed by atoms with Crippen LogP contribution in [0, 0.1) is 12.8 Å². The predicted octanol–water partition coefficient (Wildman–Crippen LogP) is 2.99. The smallest absolute Gasteiger partial charge is 0.241 e. The summed E-state index contributed by atoms with van der Waals surface area (Å²) in [7, 11) is 0. The van der Waals surface area contributed by atoms with E-state index < -0.39 is 0 Å². The molecule has 150 valence electrons. The fraction of sp³-hybridized carbons (Fsp3) is 0.545. The number of benzene rings is 1. The summed E-state index contributed by atoms with van der Waals surface area (Å²) in [4.78, 5) is 15.0. The zero-order chi connectivity index (χ0) is 19.5. The predicted molar refractivity (Wildman–Crippen MR) is 109 cm³/mol. The Hall–Kier alpha value is -2.34. The van der Waals surface area contributed by atoms with Gasteiger partial charge in [-0.3, -0.25) is 9.48 Å². The van der Waals surface area contributed by atoms with Crippen molar-refractivity contribution in [3.63, 3.8) is 0 Å². The van der Waals surface area contributed by atoms with Crippen LogP contribution < -0.4 is 10.1 Å². The third kappa shape index (κ3) is 4.22. The van der Waals surface area contributed by atoms with Gasteiger partial charge in [0, 0.05) is 24.2 Å². The van der Waals surface area contributed by atoms with Gasteiger partial charge in [0.1, 0.15) is 18.9 Å². The molecule has 6 heteroatoms. The standard InChI is InChI=1S/C22H30N4O2/c1-16-6-7-20-19(11-16)22-18(15-28-20)12-24-26(22)14-21(27)23-8-4-10-25-9-3-5-17(2)13-25/h6-7,11-12,17H,3-5,8-10,13-15H2,1-2H3,(H,23,27)/t17-/m1/s1. The molecule has 1 fully saturated rings. The lowest BCUT2D eigenvalue weighted by molar-refractivity contribution is -0.121. The molecule has 0 bridgehead atoms. The van der Waals surface area contributed by atoms with Crippen molar-refractivity contribution in [2.75, 3.05) is 26.2 Å². The largest absolute Gasteiger partial charge is 0.488 e. The van der Waals surface area contributed by atoms with Gasteiger partial charge in [0.2, 0.25) is 5.91 Å². The van der Waals surface area contributed by atoms with Crippen molar-refractivity contribution in [3.8, 4) is 17.0 Å². The maximum absolute atomic E-state index is 12.5. The Balaban J connectivity index is 1.32. The molecule has 28 heavy (non-hydrogen) atoms. The van der Waals surface area contributed by atoms with E-state index in [0.29, 0.717) is 13.2 Å². The summed E-state index contributed by atoms with van der Waals surface area (Å²) in [6, 6.07) is 6.13. The van der Waals surface area contributed by atoms with Gasteiger partial charge in [-0.05, 0) is 57.3 Å². The number of nitrogens with one attached hydrogen (secondary N) is 1. The van der Waals surface area contributed by atoms with Gasteiger partial charge in [-0.2, -0.15) is 5.10 Å². The van der Waals surface area contributed by atoms with Crippen molar-refractivity contribution < 1.29 is 9.53 Å². The molecule has 1 N–H and O–H groups in total. The molecule has 0 radical (unpaired) electrons. The van der Waals surface area contributed by atoms with Gasteiger partial charge in [-0.25, -0.2) is 0 Å². The van der Waals surface area contributed by atoms with E-state index in [4.69, 9.17) is 4.74 Å². The first-order valence-electron chi connectivity index (χ1n) is 10.4. The van der Waals surface area contributed by atoms with Crippen molar-refractivity contribution in [2.45, 2.75) is 46.3 Å². The normalized spacial score (nSPS) is 18.9. The lowest BCUT2D eigenvalue weighted by Crippen LogP contribution is -2.37. The molecule has 4 rings (SSSR count). The third-order valence-corrected chi connectivity index (χ3v) is 5.70. The second-order valence-corrected chi connectivity index (χ2v) is 8.22. The van der Waals surface area contributed by atoms with Crippen molar-refractivity contribution in [1.29, 1.82) is 0 Å². The zero-order valence-corrected chi connectivity index (χ0v) is 16.9. The number of amides is 1. The average molecular weight is 383 g/mol. The van der Waals surface area contributed by atoms with Gasteiger partial charge >= 0.3 is 0 Å². The molecule has 3 heterocycles. The number of carbonyl (C=O) groups is 1. The van der Waals surface area contributed by atoms with Gasteiger partial charge in [0.15, 0.2) is 0 Å². The maximum Gasteiger partial charge on any atom is 0.241 e. The maximum atomic E-state index is 12.5. The van der Waals surface area contributed by atoms with E-state index in [1.807, 2.05) is 18.3 Å². The Bertz CT molecular complexity index is 845. The number of hydrogen-bond donors (Lipinski definition) is 1. The van der Waals surface area contributed by atoms with Gasteiger partial charge in [0.25, 0.3) is 0 Å². The molecule has 1 amide bonds. The van der Waals surface area contributed by atoms with E-state index >= 15 is 0 Å². The Labute approximate surface area is 166 Å². The van der Waals surface area contributed by atoms with E-state index in [2.05, 4.69) is 35.2 Å². The van der Waals surface area contributed by atoms with E-state index in [1.54, 1.807) is 4.68 Å². The zero-order valence-electron chi connectivity index (χ0n) is 16.9. The number of aromatic nitrogens is 2. The molecule has 1 aromatic carbocycles. The summed E-state index contributed by atoms with van der Waals surface area (Å²) in [6.45, 7) is 9.28. The Morgan fingerprint density at radius 3 is 3.14 bits per heavy atom. The third-order valence-electron chi connectivity index (χ3n) is 5.70. The number of ether oxygens (including phenoxy) is 1. The first kappa shape index (κ1) is 19.0. The summed E-state index contributed by atoms with van der Waals surface area (Å²) in [5.41, 5.74) is 4.22. The SMILES string of the molecule is Cc1ccc2c(c1)-c1c(cnn1CC(=O)NCCCN1CCC[C@@H](C)C1)CO2. The van der Waals surface area contributed by atoms with Crippen LogP contribution in [-0.4, -0.2) is 46.8 Å². The molecule has 2 aromatic rings. The van der Waals surface area contributed by atoms with Gasteiger partial charge < -0.3 is 15.0 Å². The first-order chi connectivity index (χ1) is 13.6. The highest BCUT2D eigenvalue weighted by Crippen LogP contribution is 2.37. The molecule has 0 spiro atoms. The molecule has 2 aliphatic heterocycles.